The van der Waals surface area contributed by atoms with Crippen LogP contribution in [0.15, 0.2) is 57.7 Å². The number of aromatic nitrogens is 3. The molecule has 8 heteroatoms. The SMILES string of the molecule is COc1ccncc1-c1[nH][nH]c(=O)c1N=Nc1ccc(C#N)cc1. The van der Waals surface area contributed by atoms with Gasteiger partial charge in [-0.25, -0.2) is 0 Å². The van der Waals surface area contributed by atoms with Crippen molar-refractivity contribution in [3.63, 3.8) is 0 Å². The van der Waals surface area contributed by atoms with Gasteiger partial charge in [0.15, 0.2) is 5.69 Å². The fraction of sp³-hybridized carbons (Fsp3) is 0.0625. The van der Waals surface area contributed by atoms with Gasteiger partial charge >= 0.3 is 0 Å². The van der Waals surface area contributed by atoms with Crippen LogP contribution in [0.1, 0.15) is 5.56 Å². The Hall–Kier alpha value is -3.73. The molecule has 0 amide bonds. The van der Waals surface area contributed by atoms with Gasteiger partial charge in [0.05, 0.1) is 35.7 Å². The van der Waals surface area contributed by atoms with Crippen molar-refractivity contribution in [2.45, 2.75) is 0 Å². The zero-order chi connectivity index (χ0) is 16.9. The minimum Gasteiger partial charge on any atom is -0.496 e. The molecular weight excluding hydrogens is 308 g/mol. The topological polar surface area (TPSA) is 119 Å². The van der Waals surface area contributed by atoms with Gasteiger partial charge in [0.2, 0.25) is 0 Å². The number of hydrogen-bond donors (Lipinski definition) is 2. The maximum Gasteiger partial charge on any atom is 0.292 e. The van der Waals surface area contributed by atoms with Crippen LogP contribution in [0.25, 0.3) is 11.3 Å². The average molecular weight is 320 g/mol. The number of ether oxygens (including phenoxy) is 1. The third-order valence-electron chi connectivity index (χ3n) is 3.29. The first-order chi connectivity index (χ1) is 11.7. The van der Waals surface area contributed by atoms with E-state index in [1.54, 1.807) is 42.7 Å². The number of methoxy groups -OCH3 is 1. The zero-order valence-electron chi connectivity index (χ0n) is 12.6. The van der Waals surface area contributed by atoms with E-state index in [4.69, 9.17) is 10.00 Å². The second kappa shape index (κ2) is 6.58. The second-order valence-corrected chi connectivity index (χ2v) is 4.74. The Kier molecular flexibility index (Phi) is 4.16. The Labute approximate surface area is 136 Å². The van der Waals surface area contributed by atoms with Crippen LogP contribution in [0.2, 0.25) is 0 Å². The summed E-state index contributed by atoms with van der Waals surface area (Å²) in [4.78, 5) is 16.0. The molecule has 118 valence electrons. The predicted molar refractivity (Wildman–Crippen MR) is 86.5 cm³/mol. The highest BCUT2D eigenvalue weighted by molar-refractivity contribution is 5.75. The minimum atomic E-state index is -0.409. The number of nitrogens with zero attached hydrogens (tertiary/aromatic N) is 4. The number of H-pyrrole nitrogens is 2. The molecule has 0 atom stereocenters. The summed E-state index contributed by atoms with van der Waals surface area (Å²) in [6.45, 7) is 0. The van der Waals surface area contributed by atoms with Gasteiger partial charge in [0.1, 0.15) is 5.75 Å². The molecular formula is C16H12N6O2. The van der Waals surface area contributed by atoms with Crippen molar-refractivity contribution in [2.75, 3.05) is 7.11 Å². The molecule has 2 heterocycles. The van der Waals surface area contributed by atoms with Gasteiger partial charge in [-0.3, -0.25) is 20.0 Å². The van der Waals surface area contributed by atoms with Gasteiger partial charge in [-0.05, 0) is 30.3 Å². The van der Waals surface area contributed by atoms with Crippen LogP contribution in [0.3, 0.4) is 0 Å². The van der Waals surface area contributed by atoms with Crippen LogP contribution in [-0.2, 0) is 0 Å². The first-order valence-corrected chi connectivity index (χ1v) is 6.94. The van der Waals surface area contributed by atoms with E-state index in [0.717, 1.165) is 0 Å². The lowest BCUT2D eigenvalue weighted by Crippen LogP contribution is -1.96. The summed E-state index contributed by atoms with van der Waals surface area (Å²) in [6, 6.07) is 10.2. The number of nitriles is 1. The Balaban J connectivity index is 2.00. The van der Waals surface area contributed by atoms with Crippen molar-refractivity contribution in [1.82, 2.24) is 15.2 Å². The summed E-state index contributed by atoms with van der Waals surface area (Å²) >= 11 is 0. The highest BCUT2D eigenvalue weighted by atomic mass is 16.5. The number of hydrogen-bond acceptors (Lipinski definition) is 6. The fourth-order valence-corrected chi connectivity index (χ4v) is 2.10. The second-order valence-electron chi connectivity index (χ2n) is 4.74. The van der Waals surface area contributed by atoms with Crippen LogP contribution in [0.4, 0.5) is 11.4 Å². The Morgan fingerprint density at radius 1 is 1.17 bits per heavy atom. The van der Waals surface area contributed by atoms with Gasteiger partial charge in [-0.2, -0.15) is 10.4 Å². The molecule has 3 rings (SSSR count). The van der Waals surface area contributed by atoms with E-state index in [2.05, 4.69) is 25.4 Å². The Morgan fingerprint density at radius 2 is 1.96 bits per heavy atom. The standard InChI is InChI=1S/C16H12N6O2/c1-24-13-6-7-18-9-12(13)14-15(16(23)22-20-14)21-19-11-4-2-10(8-17)3-5-11/h2-7,9H,1H3,(H2,20,22,23). The normalized spacial score (nSPS) is 10.7. The molecule has 0 radical (unpaired) electrons. The molecule has 0 spiro atoms. The van der Waals surface area contributed by atoms with E-state index in [1.165, 1.54) is 7.11 Å². The van der Waals surface area contributed by atoms with E-state index in [0.29, 0.717) is 28.3 Å². The molecule has 3 aromatic rings. The molecule has 0 aliphatic carbocycles. The average Bonchev–Trinajstić information content (AvgIpc) is 3.00. The molecule has 2 aromatic heterocycles. The summed E-state index contributed by atoms with van der Waals surface area (Å²) in [6.07, 6.45) is 3.16. The van der Waals surface area contributed by atoms with E-state index in [1.807, 2.05) is 6.07 Å². The molecule has 0 aliphatic heterocycles. The molecule has 0 fully saturated rings. The predicted octanol–water partition coefficient (Wildman–Crippen LogP) is 3.06. The lowest BCUT2D eigenvalue weighted by Gasteiger charge is -2.05. The third-order valence-corrected chi connectivity index (χ3v) is 3.29. The van der Waals surface area contributed by atoms with E-state index in [9.17, 15) is 4.79 Å². The third kappa shape index (κ3) is 2.91. The van der Waals surface area contributed by atoms with Crippen molar-refractivity contribution in [3.8, 4) is 23.1 Å². The van der Waals surface area contributed by atoms with Crippen molar-refractivity contribution >= 4 is 11.4 Å². The highest BCUT2D eigenvalue weighted by Gasteiger charge is 2.15. The molecule has 0 unspecified atom stereocenters. The monoisotopic (exact) mass is 320 g/mol. The molecule has 0 bridgehead atoms. The van der Waals surface area contributed by atoms with Crippen LogP contribution in [-0.4, -0.2) is 22.3 Å². The summed E-state index contributed by atoms with van der Waals surface area (Å²) < 4.78 is 5.27. The van der Waals surface area contributed by atoms with Crippen LogP contribution in [0.5, 0.6) is 5.75 Å². The Morgan fingerprint density at radius 3 is 2.67 bits per heavy atom. The van der Waals surface area contributed by atoms with E-state index in [-0.39, 0.29) is 5.69 Å². The molecule has 8 nitrogen and oxygen atoms in total. The van der Waals surface area contributed by atoms with Crippen LogP contribution < -0.4 is 10.3 Å². The molecule has 0 saturated heterocycles. The summed E-state index contributed by atoms with van der Waals surface area (Å²) in [5, 5.41) is 22.1. The van der Waals surface area contributed by atoms with Crippen molar-refractivity contribution < 1.29 is 4.74 Å². The van der Waals surface area contributed by atoms with Gasteiger partial charge in [0.25, 0.3) is 5.56 Å². The van der Waals surface area contributed by atoms with Crippen LogP contribution in [0, 0.1) is 11.3 Å². The van der Waals surface area contributed by atoms with Gasteiger partial charge in [0, 0.05) is 12.4 Å². The first-order valence-electron chi connectivity index (χ1n) is 6.94. The van der Waals surface area contributed by atoms with Gasteiger partial charge in [-0.15, -0.1) is 5.11 Å². The highest BCUT2D eigenvalue weighted by Crippen LogP contribution is 2.32. The van der Waals surface area contributed by atoms with Crippen molar-refractivity contribution in [1.29, 1.82) is 5.26 Å². The molecule has 0 saturated carbocycles. The van der Waals surface area contributed by atoms with Gasteiger partial charge < -0.3 is 4.74 Å². The van der Waals surface area contributed by atoms with E-state index < -0.39 is 5.56 Å². The lowest BCUT2D eigenvalue weighted by atomic mass is 10.2. The quantitative estimate of drug-likeness (QED) is 0.718. The molecule has 24 heavy (non-hydrogen) atoms. The summed E-state index contributed by atoms with van der Waals surface area (Å²) in [5.41, 5.74) is 1.78. The first kappa shape index (κ1) is 15.2. The van der Waals surface area contributed by atoms with Crippen molar-refractivity contribution in [3.05, 3.63) is 58.6 Å². The summed E-state index contributed by atoms with van der Waals surface area (Å²) in [5.74, 6) is 0.551. The number of benzene rings is 1. The van der Waals surface area contributed by atoms with Crippen LogP contribution >= 0.6 is 0 Å². The van der Waals surface area contributed by atoms with Crippen molar-refractivity contribution in [2.24, 2.45) is 10.2 Å². The number of nitrogens with one attached hydrogen (secondary N) is 2. The Bertz CT molecular complexity index is 979. The molecule has 2 N–H and O–H groups in total. The number of rotatable bonds is 4. The molecule has 0 aliphatic rings. The number of pyridine rings is 1. The fourth-order valence-electron chi connectivity index (χ4n) is 2.10. The smallest absolute Gasteiger partial charge is 0.292 e. The molecule has 1 aromatic carbocycles. The summed E-state index contributed by atoms with van der Waals surface area (Å²) in [7, 11) is 1.53. The van der Waals surface area contributed by atoms with E-state index >= 15 is 0 Å². The maximum atomic E-state index is 12.0. The number of aromatic amines is 2. The lowest BCUT2D eigenvalue weighted by molar-refractivity contribution is 0.416. The largest absolute Gasteiger partial charge is 0.496 e. The zero-order valence-corrected chi connectivity index (χ0v) is 12.6. The number of azo groups is 1. The van der Waals surface area contributed by atoms with Gasteiger partial charge in [-0.1, -0.05) is 0 Å². The maximum absolute atomic E-state index is 12.0. The minimum absolute atomic E-state index is 0.116.